The molecule has 0 aliphatic heterocycles. The van der Waals surface area contributed by atoms with Crippen LogP contribution in [0.25, 0.3) is 11.0 Å². The summed E-state index contributed by atoms with van der Waals surface area (Å²) in [4.78, 5) is 25.2. The van der Waals surface area contributed by atoms with Crippen LogP contribution < -0.4 is 11.2 Å². The molecule has 2 heterocycles. The summed E-state index contributed by atoms with van der Waals surface area (Å²) < 4.78 is 5.42. The first kappa shape index (κ1) is 16.0. The molecule has 0 fully saturated rings. The first-order valence-corrected chi connectivity index (χ1v) is 8.14. The Morgan fingerprint density at radius 1 is 0.923 bits per heavy atom. The van der Waals surface area contributed by atoms with Crippen molar-refractivity contribution in [1.29, 1.82) is 0 Å². The van der Waals surface area contributed by atoms with Gasteiger partial charge in [0, 0.05) is 5.69 Å². The first-order valence-electron chi connectivity index (χ1n) is 8.14. The van der Waals surface area contributed by atoms with Gasteiger partial charge in [-0.15, -0.1) is 0 Å². The summed E-state index contributed by atoms with van der Waals surface area (Å²) in [6.45, 7) is 1.74. The third-order valence-electron chi connectivity index (χ3n) is 4.54. The summed E-state index contributed by atoms with van der Waals surface area (Å²) >= 11 is 0. The largest absolute Gasteiger partial charge is 0.507 e. The lowest BCUT2D eigenvalue weighted by atomic mass is 9.85. The van der Waals surface area contributed by atoms with Crippen molar-refractivity contribution in [3.8, 4) is 5.75 Å². The van der Waals surface area contributed by atoms with Gasteiger partial charge in [0.1, 0.15) is 11.3 Å². The summed E-state index contributed by atoms with van der Waals surface area (Å²) in [6, 6.07) is 15.9. The Morgan fingerprint density at radius 3 is 2.31 bits per heavy atom. The minimum Gasteiger partial charge on any atom is -0.507 e. The molecule has 1 atom stereocenters. The Bertz CT molecular complexity index is 1200. The second-order valence-electron chi connectivity index (χ2n) is 6.11. The third kappa shape index (κ3) is 2.43. The highest BCUT2D eigenvalue weighted by atomic mass is 16.4. The van der Waals surface area contributed by atoms with Crippen molar-refractivity contribution in [2.45, 2.75) is 12.8 Å². The molecule has 0 bridgehead atoms. The highest BCUT2D eigenvalue weighted by molar-refractivity contribution is 5.84. The third-order valence-corrected chi connectivity index (χ3v) is 4.54. The van der Waals surface area contributed by atoms with E-state index in [-0.39, 0.29) is 16.9 Å². The van der Waals surface area contributed by atoms with E-state index in [0.29, 0.717) is 27.8 Å². The van der Waals surface area contributed by atoms with Crippen LogP contribution in [0.15, 0.2) is 68.6 Å². The van der Waals surface area contributed by atoms with E-state index in [1.165, 1.54) is 0 Å². The van der Waals surface area contributed by atoms with E-state index in [1.54, 1.807) is 31.2 Å². The number of rotatable bonds is 3. The molecule has 6 nitrogen and oxygen atoms in total. The fraction of sp³-hybridized carbons (Fsp3) is 0.100. The zero-order valence-electron chi connectivity index (χ0n) is 13.9. The van der Waals surface area contributed by atoms with E-state index < -0.39 is 11.5 Å². The van der Waals surface area contributed by atoms with Gasteiger partial charge in [0.25, 0.3) is 5.56 Å². The van der Waals surface area contributed by atoms with Gasteiger partial charge >= 0.3 is 5.63 Å². The van der Waals surface area contributed by atoms with Gasteiger partial charge in [-0.05, 0) is 24.6 Å². The molecule has 3 N–H and O–H groups in total. The average molecular weight is 348 g/mol. The van der Waals surface area contributed by atoms with Crippen LogP contribution in [0.1, 0.15) is 28.3 Å². The van der Waals surface area contributed by atoms with Crippen molar-refractivity contribution in [2.24, 2.45) is 0 Å². The van der Waals surface area contributed by atoms with Crippen LogP contribution in [0.3, 0.4) is 0 Å². The number of aryl methyl sites for hydroxylation is 1. The van der Waals surface area contributed by atoms with Gasteiger partial charge in [0.15, 0.2) is 0 Å². The fourth-order valence-corrected chi connectivity index (χ4v) is 3.33. The number of hydrogen-bond donors (Lipinski definition) is 3. The van der Waals surface area contributed by atoms with Gasteiger partial charge in [0.2, 0.25) is 0 Å². The number of hydrogen-bond acceptors (Lipinski definition) is 4. The van der Waals surface area contributed by atoms with Crippen LogP contribution in [0, 0.1) is 6.92 Å². The lowest BCUT2D eigenvalue weighted by molar-refractivity contribution is 0.455. The molecule has 26 heavy (non-hydrogen) atoms. The average Bonchev–Trinajstić information content (AvgIpc) is 2.98. The summed E-state index contributed by atoms with van der Waals surface area (Å²) in [6.07, 6.45) is 0. The van der Waals surface area contributed by atoms with E-state index in [0.717, 1.165) is 0 Å². The Balaban J connectivity index is 2.10. The molecule has 0 saturated carbocycles. The molecule has 0 amide bonds. The quantitative estimate of drug-likeness (QED) is 0.496. The summed E-state index contributed by atoms with van der Waals surface area (Å²) in [5, 5.41) is 16.6. The number of fused-ring (bicyclic) bond motifs is 1. The second kappa shape index (κ2) is 6.07. The van der Waals surface area contributed by atoms with E-state index in [2.05, 4.69) is 10.2 Å². The van der Waals surface area contributed by atoms with E-state index >= 15 is 0 Å². The first-order chi connectivity index (χ1) is 12.6. The van der Waals surface area contributed by atoms with E-state index in [4.69, 9.17) is 4.42 Å². The predicted octanol–water partition coefficient (Wildman–Crippen LogP) is 3.00. The maximum atomic E-state index is 12.7. The minimum absolute atomic E-state index is 0.0445. The van der Waals surface area contributed by atoms with Crippen LogP contribution in [0.4, 0.5) is 0 Å². The molecular formula is C20H16N2O4. The monoisotopic (exact) mass is 348 g/mol. The minimum atomic E-state index is -0.757. The number of nitrogens with one attached hydrogen (secondary N) is 2. The standard InChI is InChI=1S/C20H16N2O4/c1-11-15(19(24)22-21-11)16(12-7-3-2-4-8-12)17-18(23)13-9-5-6-10-14(13)26-20(17)25/h2-10,16,23H,1H3,(H2,21,22,24). The molecule has 6 heteroatoms. The van der Waals surface area contributed by atoms with Crippen molar-refractivity contribution < 1.29 is 9.52 Å². The van der Waals surface area contributed by atoms with E-state index in [9.17, 15) is 14.7 Å². The van der Waals surface area contributed by atoms with Crippen LogP contribution in [0.5, 0.6) is 5.75 Å². The van der Waals surface area contributed by atoms with Crippen molar-refractivity contribution in [3.05, 3.63) is 97.8 Å². The highest BCUT2D eigenvalue weighted by Gasteiger charge is 2.30. The molecule has 0 aliphatic carbocycles. The summed E-state index contributed by atoms with van der Waals surface area (Å²) in [5.41, 5.74) is 0.996. The van der Waals surface area contributed by atoms with Crippen LogP contribution in [-0.2, 0) is 0 Å². The molecule has 4 aromatic rings. The van der Waals surface area contributed by atoms with Gasteiger partial charge in [0.05, 0.1) is 22.4 Å². The van der Waals surface area contributed by atoms with Crippen LogP contribution >= 0.6 is 0 Å². The molecule has 1 unspecified atom stereocenters. The molecule has 0 aliphatic rings. The molecule has 0 saturated heterocycles. The normalized spacial score (nSPS) is 12.3. The number of aromatic nitrogens is 2. The summed E-state index contributed by atoms with van der Waals surface area (Å²) in [5.74, 6) is -0.933. The maximum Gasteiger partial charge on any atom is 0.344 e. The molecule has 2 aromatic carbocycles. The SMILES string of the molecule is Cc1[nH][nH]c(=O)c1C(c1ccccc1)c1c(O)c2ccccc2oc1=O. The lowest BCUT2D eigenvalue weighted by Crippen LogP contribution is -2.20. The highest BCUT2D eigenvalue weighted by Crippen LogP contribution is 2.37. The topological polar surface area (TPSA) is 99.1 Å². The van der Waals surface area contributed by atoms with Crippen molar-refractivity contribution in [1.82, 2.24) is 10.2 Å². The lowest BCUT2D eigenvalue weighted by Gasteiger charge is -2.17. The molecule has 2 aromatic heterocycles. The molecule has 130 valence electrons. The fourth-order valence-electron chi connectivity index (χ4n) is 3.33. The number of H-pyrrole nitrogens is 2. The zero-order valence-corrected chi connectivity index (χ0v) is 13.9. The predicted molar refractivity (Wildman–Crippen MR) is 97.7 cm³/mol. The molecular weight excluding hydrogens is 332 g/mol. The van der Waals surface area contributed by atoms with Crippen molar-refractivity contribution >= 4 is 11.0 Å². The van der Waals surface area contributed by atoms with Gasteiger partial charge in [-0.1, -0.05) is 42.5 Å². The van der Waals surface area contributed by atoms with Crippen LogP contribution in [-0.4, -0.2) is 15.3 Å². The molecule has 0 spiro atoms. The summed E-state index contributed by atoms with van der Waals surface area (Å²) in [7, 11) is 0. The number of aromatic hydroxyl groups is 1. The van der Waals surface area contributed by atoms with Gasteiger partial charge in [-0.2, -0.15) is 0 Å². The van der Waals surface area contributed by atoms with E-state index in [1.807, 2.05) is 30.3 Å². The molecule has 0 radical (unpaired) electrons. The van der Waals surface area contributed by atoms with Gasteiger partial charge in [-0.3, -0.25) is 9.89 Å². The Kier molecular flexibility index (Phi) is 3.73. The van der Waals surface area contributed by atoms with Gasteiger partial charge < -0.3 is 14.6 Å². The zero-order chi connectivity index (χ0) is 18.3. The number of para-hydroxylation sites is 1. The van der Waals surface area contributed by atoms with Crippen molar-refractivity contribution in [3.63, 3.8) is 0 Å². The van der Waals surface area contributed by atoms with Gasteiger partial charge in [-0.25, -0.2) is 4.79 Å². The second-order valence-corrected chi connectivity index (χ2v) is 6.11. The van der Waals surface area contributed by atoms with Crippen molar-refractivity contribution in [2.75, 3.05) is 0 Å². The Labute approximate surface area is 147 Å². The Morgan fingerprint density at radius 2 is 1.62 bits per heavy atom. The van der Waals surface area contributed by atoms with Crippen LogP contribution in [0.2, 0.25) is 0 Å². The number of aromatic amines is 2. The molecule has 4 rings (SSSR count). The smallest absolute Gasteiger partial charge is 0.344 e. The number of benzene rings is 2. The maximum absolute atomic E-state index is 12.7. The Hall–Kier alpha value is -3.54.